The predicted octanol–water partition coefficient (Wildman–Crippen LogP) is 2.30. The van der Waals surface area contributed by atoms with Crippen LogP contribution in [-0.2, 0) is 9.84 Å². The number of thiophene rings is 1. The second-order valence-corrected chi connectivity index (χ2v) is 8.42. The van der Waals surface area contributed by atoms with Gasteiger partial charge in [0.1, 0.15) is 14.7 Å². The number of halogens is 1. The van der Waals surface area contributed by atoms with E-state index < -0.39 is 9.84 Å². The molecule has 1 amide bonds. The summed E-state index contributed by atoms with van der Waals surface area (Å²) in [7, 11) is -3.01. The Bertz CT molecular complexity index is 784. The highest BCUT2D eigenvalue weighted by Gasteiger charge is 2.17. The molecule has 0 aliphatic carbocycles. The molecule has 114 valence electrons. The molecular weight excluding hydrogens is 332 g/mol. The van der Waals surface area contributed by atoms with Crippen LogP contribution >= 0.6 is 22.9 Å². The molecule has 1 aromatic heterocycles. The van der Waals surface area contributed by atoms with Gasteiger partial charge in [-0.3, -0.25) is 4.79 Å². The summed E-state index contributed by atoms with van der Waals surface area (Å²) < 4.78 is 22.9. The minimum absolute atomic E-state index is 0.0427. The van der Waals surface area contributed by atoms with Gasteiger partial charge in [0, 0.05) is 22.9 Å². The first-order chi connectivity index (χ1) is 9.79. The van der Waals surface area contributed by atoms with Crippen LogP contribution in [0.5, 0.6) is 0 Å². The van der Waals surface area contributed by atoms with Crippen molar-refractivity contribution in [2.24, 2.45) is 0 Å². The normalized spacial score (nSPS) is 11.7. The van der Waals surface area contributed by atoms with Crippen LogP contribution in [0, 0.1) is 0 Å². The lowest BCUT2D eigenvalue weighted by Crippen LogP contribution is -2.25. The lowest BCUT2D eigenvalue weighted by molar-refractivity contribution is 0.0958. The number of benzene rings is 1. The lowest BCUT2D eigenvalue weighted by Gasteiger charge is -2.04. The number of hydrogen-bond donors (Lipinski definition) is 2. The summed E-state index contributed by atoms with van der Waals surface area (Å²) >= 11 is 7.36. The molecule has 1 heterocycles. The average Bonchev–Trinajstić information content (AvgIpc) is 2.72. The summed E-state index contributed by atoms with van der Waals surface area (Å²) in [5.41, 5.74) is 6.35. The molecule has 0 radical (unpaired) electrons. The molecule has 0 aliphatic rings. The van der Waals surface area contributed by atoms with E-state index >= 15 is 0 Å². The number of amides is 1. The van der Waals surface area contributed by atoms with Crippen molar-refractivity contribution in [3.8, 4) is 0 Å². The third-order valence-corrected chi connectivity index (χ3v) is 5.40. The van der Waals surface area contributed by atoms with Crippen LogP contribution in [0.4, 0.5) is 5.69 Å². The molecule has 3 N–H and O–H groups in total. The van der Waals surface area contributed by atoms with Crippen LogP contribution in [0.1, 0.15) is 16.1 Å². The molecule has 1 aromatic carbocycles. The second kappa shape index (κ2) is 6.21. The zero-order chi connectivity index (χ0) is 15.6. The standard InChI is InChI=1S/C13H15ClN2O3S2/c1-21(18,19)7-3-6-16-13(17)12-11(15)10-8(14)4-2-5-9(10)20-12/h2,4-5H,3,6-7,15H2,1H3,(H,16,17). The topological polar surface area (TPSA) is 89.3 Å². The van der Waals surface area contributed by atoms with Gasteiger partial charge in [0.25, 0.3) is 5.91 Å². The second-order valence-electron chi connectivity index (χ2n) is 4.70. The maximum absolute atomic E-state index is 12.1. The van der Waals surface area contributed by atoms with E-state index in [0.29, 0.717) is 27.4 Å². The van der Waals surface area contributed by atoms with Crippen LogP contribution in [0.3, 0.4) is 0 Å². The first-order valence-electron chi connectivity index (χ1n) is 6.22. The van der Waals surface area contributed by atoms with Crippen LogP contribution in [0.15, 0.2) is 18.2 Å². The van der Waals surface area contributed by atoms with Gasteiger partial charge in [-0.1, -0.05) is 17.7 Å². The SMILES string of the molecule is CS(=O)(=O)CCCNC(=O)c1sc2cccc(Cl)c2c1N. The fraction of sp³-hybridized carbons (Fsp3) is 0.308. The largest absolute Gasteiger partial charge is 0.397 e. The number of carbonyl (C=O) groups is 1. The zero-order valence-electron chi connectivity index (χ0n) is 11.3. The number of nitrogens with one attached hydrogen (secondary N) is 1. The highest BCUT2D eigenvalue weighted by molar-refractivity contribution is 7.90. The first-order valence-corrected chi connectivity index (χ1v) is 9.47. The Kier molecular flexibility index (Phi) is 4.75. The Balaban J connectivity index is 2.10. The van der Waals surface area contributed by atoms with Gasteiger partial charge in [0.2, 0.25) is 0 Å². The molecular formula is C13H15ClN2O3S2. The molecule has 2 aromatic rings. The van der Waals surface area contributed by atoms with Crippen LogP contribution in [0.25, 0.3) is 10.1 Å². The summed E-state index contributed by atoms with van der Waals surface area (Å²) in [6.07, 6.45) is 1.54. The molecule has 0 fully saturated rings. The van der Waals surface area contributed by atoms with Crippen molar-refractivity contribution in [3.05, 3.63) is 28.1 Å². The molecule has 0 saturated heterocycles. The molecule has 2 rings (SSSR count). The maximum Gasteiger partial charge on any atom is 0.263 e. The number of rotatable bonds is 5. The van der Waals surface area contributed by atoms with Crippen LogP contribution in [-0.4, -0.2) is 32.9 Å². The Morgan fingerprint density at radius 1 is 1.43 bits per heavy atom. The van der Waals surface area contributed by atoms with Gasteiger partial charge in [0.15, 0.2) is 0 Å². The van der Waals surface area contributed by atoms with E-state index in [1.54, 1.807) is 12.1 Å². The predicted molar refractivity (Wildman–Crippen MR) is 87.9 cm³/mol. The molecule has 0 bridgehead atoms. The third kappa shape index (κ3) is 3.87. The summed E-state index contributed by atoms with van der Waals surface area (Å²) in [6.45, 7) is 0.285. The summed E-state index contributed by atoms with van der Waals surface area (Å²) in [5, 5.41) is 3.87. The van der Waals surface area contributed by atoms with Crippen molar-refractivity contribution in [1.82, 2.24) is 5.32 Å². The van der Waals surface area contributed by atoms with Crippen molar-refractivity contribution in [2.45, 2.75) is 6.42 Å². The monoisotopic (exact) mass is 346 g/mol. The van der Waals surface area contributed by atoms with Crippen molar-refractivity contribution >= 4 is 54.5 Å². The average molecular weight is 347 g/mol. The number of carbonyl (C=O) groups excluding carboxylic acids is 1. The Morgan fingerprint density at radius 3 is 2.76 bits per heavy atom. The highest BCUT2D eigenvalue weighted by Crippen LogP contribution is 2.37. The minimum atomic E-state index is -3.01. The van der Waals surface area contributed by atoms with Gasteiger partial charge >= 0.3 is 0 Å². The van der Waals surface area contributed by atoms with Crippen molar-refractivity contribution < 1.29 is 13.2 Å². The van der Waals surface area contributed by atoms with Crippen molar-refractivity contribution in [2.75, 3.05) is 24.3 Å². The van der Waals surface area contributed by atoms with E-state index in [1.807, 2.05) is 6.07 Å². The number of hydrogen-bond acceptors (Lipinski definition) is 5. The third-order valence-electron chi connectivity index (χ3n) is 2.89. The minimum Gasteiger partial charge on any atom is -0.397 e. The Morgan fingerprint density at radius 2 is 2.14 bits per heavy atom. The number of fused-ring (bicyclic) bond motifs is 1. The zero-order valence-corrected chi connectivity index (χ0v) is 13.7. The van der Waals surface area contributed by atoms with E-state index in [-0.39, 0.29) is 18.2 Å². The van der Waals surface area contributed by atoms with E-state index in [1.165, 1.54) is 17.6 Å². The highest BCUT2D eigenvalue weighted by atomic mass is 35.5. The van der Waals surface area contributed by atoms with E-state index in [2.05, 4.69) is 5.32 Å². The van der Waals surface area contributed by atoms with Crippen LogP contribution < -0.4 is 11.1 Å². The summed E-state index contributed by atoms with van der Waals surface area (Å²) in [6, 6.07) is 5.37. The number of nitrogen functional groups attached to an aromatic ring is 1. The molecule has 0 saturated carbocycles. The molecule has 5 nitrogen and oxygen atoms in total. The lowest BCUT2D eigenvalue weighted by atomic mass is 10.2. The first kappa shape index (κ1) is 16.1. The van der Waals surface area contributed by atoms with E-state index in [0.717, 1.165) is 4.70 Å². The Hall–Kier alpha value is -1.31. The van der Waals surface area contributed by atoms with Gasteiger partial charge in [-0.25, -0.2) is 8.42 Å². The fourth-order valence-corrected chi connectivity index (χ4v) is 3.98. The van der Waals surface area contributed by atoms with Crippen LogP contribution in [0.2, 0.25) is 5.02 Å². The molecule has 0 spiro atoms. The summed E-state index contributed by atoms with van der Waals surface area (Å²) in [5.74, 6) is -0.264. The van der Waals surface area contributed by atoms with Crippen molar-refractivity contribution in [3.63, 3.8) is 0 Å². The summed E-state index contributed by atoms with van der Waals surface area (Å²) in [4.78, 5) is 12.5. The number of nitrogens with two attached hydrogens (primary N) is 1. The van der Waals surface area contributed by atoms with Gasteiger partial charge in [-0.2, -0.15) is 0 Å². The fourth-order valence-electron chi connectivity index (χ4n) is 1.91. The van der Waals surface area contributed by atoms with Gasteiger partial charge in [-0.05, 0) is 18.6 Å². The molecule has 21 heavy (non-hydrogen) atoms. The number of anilines is 1. The van der Waals surface area contributed by atoms with Crippen molar-refractivity contribution in [1.29, 1.82) is 0 Å². The maximum atomic E-state index is 12.1. The van der Waals surface area contributed by atoms with E-state index in [4.69, 9.17) is 17.3 Å². The molecule has 0 aliphatic heterocycles. The van der Waals surface area contributed by atoms with Gasteiger partial charge < -0.3 is 11.1 Å². The smallest absolute Gasteiger partial charge is 0.263 e. The van der Waals surface area contributed by atoms with Gasteiger partial charge in [0.05, 0.1) is 16.5 Å². The Labute approximate surface area is 132 Å². The van der Waals surface area contributed by atoms with Gasteiger partial charge in [-0.15, -0.1) is 11.3 Å². The van der Waals surface area contributed by atoms with E-state index in [9.17, 15) is 13.2 Å². The number of sulfone groups is 1. The molecule has 0 atom stereocenters. The quantitative estimate of drug-likeness (QED) is 0.813. The molecule has 8 heteroatoms. The molecule has 0 unspecified atom stereocenters.